The first-order valence-electron chi connectivity index (χ1n) is 11.3. The molecule has 0 bridgehead atoms. The van der Waals surface area contributed by atoms with Crippen molar-refractivity contribution in [3.05, 3.63) is 101 Å². The predicted octanol–water partition coefficient (Wildman–Crippen LogP) is 3.73. The van der Waals surface area contributed by atoms with Crippen LogP contribution >= 0.6 is 11.8 Å². The molecule has 36 heavy (non-hydrogen) atoms. The Balaban J connectivity index is 1.22. The van der Waals surface area contributed by atoms with Crippen molar-refractivity contribution < 1.29 is 14.4 Å². The normalized spacial score (nSPS) is 10.6. The average Bonchev–Trinajstić information content (AvgIpc) is 2.88. The van der Waals surface area contributed by atoms with Gasteiger partial charge in [0.25, 0.3) is 17.7 Å². The summed E-state index contributed by atoms with van der Waals surface area (Å²) in [6, 6.07) is 22.0. The van der Waals surface area contributed by atoms with Crippen LogP contribution in [0, 0.1) is 13.8 Å². The zero-order chi connectivity index (χ0) is 25.5. The van der Waals surface area contributed by atoms with Crippen LogP contribution in [0.3, 0.4) is 0 Å². The number of carbonyl (C=O) groups excluding carboxylic acids is 3. The van der Waals surface area contributed by atoms with Gasteiger partial charge in [0.15, 0.2) is 5.16 Å². The van der Waals surface area contributed by atoms with E-state index in [-0.39, 0.29) is 12.5 Å². The summed E-state index contributed by atoms with van der Waals surface area (Å²) in [5, 5.41) is 5.23. The Hall–Kier alpha value is -4.24. The maximum Gasteiger partial charge on any atom is 0.269 e. The van der Waals surface area contributed by atoms with Gasteiger partial charge in [-0.1, -0.05) is 54.2 Å². The standard InChI is InChI=1S/C27H25N5O3S/c1-17-13-18(2)30-27(29-17)36-16-19-7-9-21(10-8-19)26(35)32-31-24(33)15-28-25(34)23-12-11-20-5-3-4-6-22(20)14-23/h3-14H,15-16H2,1-2H3,(H,28,34)(H,31,33)(H,32,35). The monoisotopic (exact) mass is 499 g/mol. The van der Waals surface area contributed by atoms with Crippen LogP contribution < -0.4 is 16.2 Å². The van der Waals surface area contributed by atoms with E-state index in [9.17, 15) is 14.4 Å². The van der Waals surface area contributed by atoms with Crippen LogP contribution in [0.2, 0.25) is 0 Å². The van der Waals surface area contributed by atoms with Crippen molar-refractivity contribution in [2.24, 2.45) is 0 Å². The Morgan fingerprint density at radius 1 is 0.750 bits per heavy atom. The molecular weight excluding hydrogens is 474 g/mol. The maximum absolute atomic E-state index is 12.4. The SMILES string of the molecule is Cc1cc(C)nc(SCc2ccc(C(=O)NNC(=O)CNC(=O)c3ccc4ccccc4c3)cc2)n1. The average molecular weight is 500 g/mol. The number of nitrogens with one attached hydrogen (secondary N) is 3. The predicted molar refractivity (Wildman–Crippen MR) is 139 cm³/mol. The molecule has 3 aromatic carbocycles. The molecule has 9 heteroatoms. The highest BCUT2D eigenvalue weighted by Crippen LogP contribution is 2.20. The van der Waals surface area contributed by atoms with Gasteiger partial charge in [-0.05, 0) is 60.5 Å². The number of aromatic nitrogens is 2. The van der Waals surface area contributed by atoms with Crippen molar-refractivity contribution in [3.63, 3.8) is 0 Å². The second kappa shape index (κ2) is 11.5. The van der Waals surface area contributed by atoms with Gasteiger partial charge in [0.05, 0.1) is 6.54 Å². The lowest BCUT2D eigenvalue weighted by molar-refractivity contribution is -0.120. The maximum atomic E-state index is 12.4. The van der Waals surface area contributed by atoms with E-state index in [0.717, 1.165) is 27.7 Å². The van der Waals surface area contributed by atoms with Gasteiger partial charge in [-0.15, -0.1) is 0 Å². The summed E-state index contributed by atoms with van der Waals surface area (Å²) in [5.41, 5.74) is 8.38. The molecule has 0 saturated carbocycles. The Morgan fingerprint density at radius 3 is 2.14 bits per heavy atom. The Kier molecular flexibility index (Phi) is 7.92. The van der Waals surface area contributed by atoms with E-state index in [4.69, 9.17) is 0 Å². The topological polar surface area (TPSA) is 113 Å². The summed E-state index contributed by atoms with van der Waals surface area (Å²) in [5.74, 6) is -0.708. The zero-order valence-corrected chi connectivity index (χ0v) is 20.7. The Morgan fingerprint density at radius 2 is 1.42 bits per heavy atom. The van der Waals surface area contributed by atoms with Crippen LogP contribution in [0.4, 0.5) is 0 Å². The summed E-state index contributed by atoms with van der Waals surface area (Å²) in [7, 11) is 0. The molecule has 0 atom stereocenters. The lowest BCUT2D eigenvalue weighted by Crippen LogP contribution is -2.46. The molecule has 1 aromatic heterocycles. The number of carbonyl (C=O) groups is 3. The van der Waals surface area contributed by atoms with Gasteiger partial charge in [-0.2, -0.15) is 0 Å². The van der Waals surface area contributed by atoms with E-state index in [1.807, 2.05) is 62.4 Å². The first-order valence-corrected chi connectivity index (χ1v) is 12.3. The van der Waals surface area contributed by atoms with Gasteiger partial charge < -0.3 is 5.32 Å². The number of aryl methyl sites for hydroxylation is 2. The third kappa shape index (κ3) is 6.67. The van der Waals surface area contributed by atoms with Crippen molar-refractivity contribution in [1.82, 2.24) is 26.1 Å². The molecule has 0 radical (unpaired) electrons. The Labute approximate surface area is 212 Å². The fourth-order valence-corrected chi connectivity index (χ4v) is 4.40. The van der Waals surface area contributed by atoms with Crippen molar-refractivity contribution in [3.8, 4) is 0 Å². The van der Waals surface area contributed by atoms with Crippen LogP contribution in [0.25, 0.3) is 10.8 Å². The second-order valence-corrected chi connectivity index (χ2v) is 9.11. The van der Waals surface area contributed by atoms with E-state index in [1.165, 1.54) is 11.8 Å². The van der Waals surface area contributed by atoms with Crippen molar-refractivity contribution >= 4 is 40.3 Å². The third-order valence-electron chi connectivity index (χ3n) is 5.28. The minimum atomic E-state index is -0.543. The second-order valence-electron chi connectivity index (χ2n) is 8.17. The van der Waals surface area contributed by atoms with Crippen LogP contribution in [-0.2, 0) is 10.5 Å². The van der Waals surface area contributed by atoms with E-state index in [2.05, 4.69) is 26.1 Å². The molecule has 1 heterocycles. The molecule has 0 aliphatic carbocycles. The zero-order valence-electron chi connectivity index (χ0n) is 19.9. The van der Waals surface area contributed by atoms with Gasteiger partial charge in [-0.3, -0.25) is 25.2 Å². The van der Waals surface area contributed by atoms with Crippen LogP contribution in [0.15, 0.2) is 78.0 Å². The minimum absolute atomic E-state index is 0.275. The largest absolute Gasteiger partial charge is 0.343 e. The van der Waals surface area contributed by atoms with Gasteiger partial charge in [-0.25, -0.2) is 9.97 Å². The molecular formula is C27H25N5O3S. The van der Waals surface area contributed by atoms with Gasteiger partial charge >= 0.3 is 0 Å². The van der Waals surface area contributed by atoms with Crippen molar-refractivity contribution in [2.45, 2.75) is 24.8 Å². The van der Waals surface area contributed by atoms with E-state index in [0.29, 0.717) is 22.0 Å². The number of thioether (sulfide) groups is 1. The minimum Gasteiger partial charge on any atom is -0.343 e. The molecule has 8 nitrogen and oxygen atoms in total. The number of hydrogen-bond donors (Lipinski definition) is 3. The molecule has 182 valence electrons. The fraction of sp³-hybridized carbons (Fsp3) is 0.148. The first-order chi connectivity index (χ1) is 17.4. The number of hydrogen-bond acceptors (Lipinski definition) is 6. The lowest BCUT2D eigenvalue weighted by Gasteiger charge is -2.09. The lowest BCUT2D eigenvalue weighted by atomic mass is 10.1. The molecule has 0 fully saturated rings. The molecule has 3 N–H and O–H groups in total. The quantitative estimate of drug-likeness (QED) is 0.203. The highest BCUT2D eigenvalue weighted by molar-refractivity contribution is 7.98. The number of hydrazine groups is 1. The number of amides is 3. The summed E-state index contributed by atoms with van der Waals surface area (Å²) < 4.78 is 0. The molecule has 4 rings (SSSR count). The first kappa shape index (κ1) is 24.9. The van der Waals surface area contributed by atoms with Gasteiger partial charge in [0.1, 0.15) is 0 Å². The molecule has 4 aromatic rings. The highest BCUT2D eigenvalue weighted by atomic mass is 32.2. The van der Waals surface area contributed by atoms with Crippen LogP contribution in [-0.4, -0.2) is 34.2 Å². The van der Waals surface area contributed by atoms with Crippen LogP contribution in [0.1, 0.15) is 37.7 Å². The number of rotatable bonds is 7. The highest BCUT2D eigenvalue weighted by Gasteiger charge is 2.11. The number of fused-ring (bicyclic) bond motifs is 1. The van der Waals surface area contributed by atoms with Crippen molar-refractivity contribution in [1.29, 1.82) is 0 Å². The van der Waals surface area contributed by atoms with Crippen molar-refractivity contribution in [2.75, 3.05) is 6.54 Å². The van der Waals surface area contributed by atoms with Gasteiger partial charge in [0.2, 0.25) is 0 Å². The summed E-state index contributed by atoms with van der Waals surface area (Å²) in [6.07, 6.45) is 0. The molecule has 0 aliphatic rings. The smallest absolute Gasteiger partial charge is 0.269 e. The number of nitrogens with zero attached hydrogens (tertiary/aromatic N) is 2. The molecule has 0 spiro atoms. The molecule has 3 amide bonds. The molecule has 0 unspecified atom stereocenters. The van der Waals surface area contributed by atoms with E-state index in [1.54, 1.807) is 24.3 Å². The van der Waals surface area contributed by atoms with Gasteiger partial charge in [0, 0.05) is 28.3 Å². The Bertz CT molecular complexity index is 1400. The molecule has 0 aliphatic heterocycles. The summed E-state index contributed by atoms with van der Waals surface area (Å²) in [6.45, 7) is 3.59. The summed E-state index contributed by atoms with van der Waals surface area (Å²) >= 11 is 1.52. The van der Waals surface area contributed by atoms with E-state index >= 15 is 0 Å². The fourth-order valence-electron chi connectivity index (χ4n) is 3.49. The summed E-state index contributed by atoms with van der Waals surface area (Å²) in [4.78, 5) is 45.7. The van der Waals surface area contributed by atoms with E-state index < -0.39 is 11.8 Å². The van der Waals surface area contributed by atoms with Crippen LogP contribution in [0.5, 0.6) is 0 Å². The third-order valence-corrected chi connectivity index (χ3v) is 6.20. The number of benzene rings is 3. The molecule has 0 saturated heterocycles.